The second kappa shape index (κ2) is 7.38. The molecule has 0 fully saturated rings. The minimum Gasteiger partial charge on any atom is -0.253 e. The fourth-order valence-corrected chi connectivity index (χ4v) is 3.18. The van der Waals surface area contributed by atoms with E-state index in [0.29, 0.717) is 0 Å². The maximum absolute atomic E-state index is 4.68. The van der Waals surface area contributed by atoms with E-state index in [-0.39, 0.29) is 0 Å². The van der Waals surface area contributed by atoms with E-state index in [0.717, 1.165) is 23.0 Å². The molecule has 0 aliphatic heterocycles. The Kier molecular flexibility index (Phi) is 5.03. The third-order valence-electron chi connectivity index (χ3n) is 3.80. The minimum atomic E-state index is 0.837. The van der Waals surface area contributed by atoms with Crippen LogP contribution in [0.4, 0.5) is 5.13 Å². The van der Waals surface area contributed by atoms with Crippen molar-refractivity contribution in [3.63, 3.8) is 0 Å². The first-order valence-corrected chi connectivity index (χ1v) is 8.88. The van der Waals surface area contributed by atoms with Crippen LogP contribution < -0.4 is 5.43 Å². The fraction of sp³-hybridized carbons (Fsp3) is 0.263. The second-order valence-corrected chi connectivity index (χ2v) is 6.49. The van der Waals surface area contributed by atoms with Gasteiger partial charge in [-0.05, 0) is 30.5 Å². The number of hydrogen-bond acceptors (Lipinski definition) is 4. The van der Waals surface area contributed by atoms with Crippen molar-refractivity contribution in [2.24, 2.45) is 5.10 Å². The molecular weight excluding hydrogens is 302 g/mol. The lowest BCUT2D eigenvalue weighted by Crippen LogP contribution is -1.97. The molecule has 0 aliphatic carbocycles. The van der Waals surface area contributed by atoms with Gasteiger partial charge in [-0.3, -0.25) is 5.43 Å². The summed E-state index contributed by atoms with van der Waals surface area (Å²) in [6.45, 7) is 4.25. The summed E-state index contributed by atoms with van der Waals surface area (Å²) < 4.78 is 0. The number of rotatable bonds is 6. The summed E-state index contributed by atoms with van der Waals surface area (Å²) in [6, 6.07) is 14.7. The molecule has 4 heteroatoms. The summed E-state index contributed by atoms with van der Waals surface area (Å²) in [4.78, 5) is 4.68. The van der Waals surface area contributed by atoms with Gasteiger partial charge in [0.15, 0.2) is 0 Å². The number of aromatic nitrogens is 1. The lowest BCUT2D eigenvalue weighted by molar-refractivity contribution is 0.832. The Morgan fingerprint density at radius 2 is 2.00 bits per heavy atom. The molecule has 3 nitrogen and oxygen atoms in total. The van der Waals surface area contributed by atoms with E-state index in [2.05, 4.69) is 77.2 Å². The summed E-state index contributed by atoms with van der Waals surface area (Å²) in [5.41, 5.74) is 6.37. The molecule has 0 radical (unpaired) electrons. The smallest absolute Gasteiger partial charge is 0.203 e. The van der Waals surface area contributed by atoms with Crippen molar-refractivity contribution in [1.82, 2.24) is 4.98 Å². The van der Waals surface area contributed by atoms with Crippen LogP contribution in [0.25, 0.3) is 22.0 Å². The molecule has 0 unspecified atom stereocenters. The third kappa shape index (κ3) is 3.77. The Labute approximate surface area is 141 Å². The SMILES string of the molecule is CCCC/C(C)=N/Nc1nc(-c2cccc3ccccc23)cs1. The maximum Gasteiger partial charge on any atom is 0.203 e. The van der Waals surface area contributed by atoms with Crippen LogP contribution in [0.2, 0.25) is 0 Å². The Hall–Kier alpha value is -2.20. The molecule has 1 N–H and O–H groups in total. The molecule has 0 bridgehead atoms. The van der Waals surface area contributed by atoms with Gasteiger partial charge in [-0.1, -0.05) is 55.8 Å². The Morgan fingerprint density at radius 1 is 1.17 bits per heavy atom. The summed E-state index contributed by atoms with van der Waals surface area (Å²) in [5.74, 6) is 0. The number of nitrogens with zero attached hydrogens (tertiary/aromatic N) is 2. The van der Waals surface area contributed by atoms with Gasteiger partial charge < -0.3 is 0 Å². The Balaban J connectivity index is 1.81. The van der Waals surface area contributed by atoms with Gasteiger partial charge in [0.1, 0.15) is 0 Å². The van der Waals surface area contributed by atoms with Crippen molar-refractivity contribution >= 4 is 33.0 Å². The van der Waals surface area contributed by atoms with E-state index >= 15 is 0 Å². The van der Waals surface area contributed by atoms with Crippen molar-refractivity contribution in [2.75, 3.05) is 5.43 Å². The number of thiazole rings is 1. The number of benzene rings is 2. The highest BCUT2D eigenvalue weighted by Crippen LogP contribution is 2.30. The molecule has 0 aliphatic rings. The van der Waals surface area contributed by atoms with Gasteiger partial charge in [0, 0.05) is 16.7 Å². The number of hydrogen-bond donors (Lipinski definition) is 1. The maximum atomic E-state index is 4.68. The average Bonchev–Trinajstić information content (AvgIpc) is 3.06. The van der Waals surface area contributed by atoms with Gasteiger partial charge in [0.2, 0.25) is 5.13 Å². The molecule has 2 aromatic carbocycles. The van der Waals surface area contributed by atoms with Crippen molar-refractivity contribution in [1.29, 1.82) is 0 Å². The molecular formula is C19H21N3S. The number of fused-ring (bicyclic) bond motifs is 1. The molecule has 0 atom stereocenters. The van der Waals surface area contributed by atoms with Crippen molar-refractivity contribution < 1.29 is 0 Å². The highest BCUT2D eigenvalue weighted by Gasteiger charge is 2.07. The topological polar surface area (TPSA) is 37.3 Å². The normalized spacial score (nSPS) is 11.8. The predicted octanol–water partition coefficient (Wildman–Crippen LogP) is 5.94. The molecule has 0 saturated heterocycles. The number of unbranched alkanes of at least 4 members (excludes halogenated alkanes) is 1. The molecule has 0 spiro atoms. The highest BCUT2D eigenvalue weighted by molar-refractivity contribution is 7.14. The minimum absolute atomic E-state index is 0.837. The van der Waals surface area contributed by atoms with E-state index in [1.807, 2.05) is 0 Å². The van der Waals surface area contributed by atoms with Crippen molar-refractivity contribution in [3.05, 3.63) is 47.8 Å². The first-order chi connectivity index (χ1) is 11.3. The van der Waals surface area contributed by atoms with Gasteiger partial charge in [0.25, 0.3) is 0 Å². The van der Waals surface area contributed by atoms with Crippen LogP contribution in [-0.4, -0.2) is 10.7 Å². The van der Waals surface area contributed by atoms with E-state index in [9.17, 15) is 0 Å². The zero-order valence-electron chi connectivity index (χ0n) is 13.5. The quantitative estimate of drug-likeness (QED) is 0.450. The van der Waals surface area contributed by atoms with Crippen LogP contribution in [0.5, 0.6) is 0 Å². The van der Waals surface area contributed by atoms with E-state index in [1.165, 1.54) is 29.2 Å². The predicted molar refractivity (Wildman–Crippen MR) is 101 cm³/mol. The first kappa shape index (κ1) is 15.7. The van der Waals surface area contributed by atoms with Gasteiger partial charge in [-0.2, -0.15) is 5.10 Å². The molecule has 3 rings (SSSR count). The van der Waals surface area contributed by atoms with Crippen molar-refractivity contribution in [3.8, 4) is 11.3 Å². The lowest BCUT2D eigenvalue weighted by atomic mass is 10.0. The molecule has 1 heterocycles. The van der Waals surface area contributed by atoms with E-state index in [1.54, 1.807) is 11.3 Å². The molecule has 3 aromatic rings. The summed E-state index contributed by atoms with van der Waals surface area (Å²) in [5, 5.41) is 9.80. The summed E-state index contributed by atoms with van der Waals surface area (Å²) in [6.07, 6.45) is 3.40. The summed E-state index contributed by atoms with van der Waals surface area (Å²) in [7, 11) is 0. The fourth-order valence-electron chi connectivity index (χ4n) is 2.53. The number of hydrazone groups is 1. The Bertz CT molecular complexity index is 815. The largest absolute Gasteiger partial charge is 0.253 e. The molecule has 23 heavy (non-hydrogen) atoms. The zero-order valence-corrected chi connectivity index (χ0v) is 14.4. The lowest BCUT2D eigenvalue weighted by Gasteiger charge is -2.03. The van der Waals surface area contributed by atoms with Crippen LogP contribution in [-0.2, 0) is 0 Å². The van der Waals surface area contributed by atoms with Gasteiger partial charge in [-0.15, -0.1) is 11.3 Å². The standard InChI is InChI=1S/C19H21N3S/c1-3-4-8-14(2)21-22-19-20-18(13-23-19)17-12-7-10-15-9-5-6-11-16(15)17/h5-7,9-13H,3-4,8H2,1-2H3,(H,20,22)/b21-14+. The van der Waals surface area contributed by atoms with Crippen LogP contribution in [0.15, 0.2) is 52.9 Å². The Morgan fingerprint density at radius 3 is 2.87 bits per heavy atom. The van der Waals surface area contributed by atoms with Crippen LogP contribution in [0.3, 0.4) is 0 Å². The van der Waals surface area contributed by atoms with Crippen LogP contribution in [0.1, 0.15) is 33.1 Å². The second-order valence-electron chi connectivity index (χ2n) is 5.63. The molecule has 0 saturated carbocycles. The van der Waals surface area contributed by atoms with Crippen LogP contribution >= 0.6 is 11.3 Å². The molecule has 118 valence electrons. The third-order valence-corrected chi connectivity index (χ3v) is 4.55. The summed E-state index contributed by atoms with van der Waals surface area (Å²) >= 11 is 1.59. The van der Waals surface area contributed by atoms with Crippen LogP contribution in [0, 0.1) is 0 Å². The average molecular weight is 323 g/mol. The molecule has 1 aromatic heterocycles. The number of nitrogens with one attached hydrogen (secondary N) is 1. The monoisotopic (exact) mass is 323 g/mol. The van der Waals surface area contributed by atoms with Gasteiger partial charge in [-0.25, -0.2) is 4.98 Å². The van der Waals surface area contributed by atoms with Gasteiger partial charge in [0.05, 0.1) is 5.69 Å². The van der Waals surface area contributed by atoms with Crippen molar-refractivity contribution in [2.45, 2.75) is 33.1 Å². The van der Waals surface area contributed by atoms with E-state index < -0.39 is 0 Å². The molecule has 0 amide bonds. The zero-order chi connectivity index (χ0) is 16.1. The number of anilines is 1. The van der Waals surface area contributed by atoms with E-state index in [4.69, 9.17) is 0 Å². The van der Waals surface area contributed by atoms with Gasteiger partial charge >= 0.3 is 0 Å². The highest BCUT2D eigenvalue weighted by atomic mass is 32.1. The first-order valence-electron chi connectivity index (χ1n) is 8.00.